The molecule has 0 bridgehead atoms. The molecule has 0 saturated carbocycles. The van der Waals surface area contributed by atoms with Gasteiger partial charge in [0, 0.05) is 26.2 Å². The van der Waals surface area contributed by atoms with E-state index >= 15 is 0 Å². The van der Waals surface area contributed by atoms with E-state index in [9.17, 15) is 5.11 Å². The monoisotopic (exact) mass is 206 g/mol. The van der Waals surface area contributed by atoms with Gasteiger partial charge >= 0.3 is 0 Å². The molecule has 1 fully saturated rings. The Labute approximate surface area is 90.5 Å². The van der Waals surface area contributed by atoms with Gasteiger partial charge in [-0.05, 0) is 17.5 Å². The summed E-state index contributed by atoms with van der Waals surface area (Å²) in [5.41, 5.74) is 8.18. The number of likely N-dealkylation sites (tertiary alicyclic amines) is 1. The van der Waals surface area contributed by atoms with Crippen LogP contribution in [0.3, 0.4) is 0 Å². The Balaban J connectivity index is 2.04. The third kappa shape index (κ3) is 2.56. The zero-order chi connectivity index (χ0) is 10.7. The summed E-state index contributed by atoms with van der Waals surface area (Å²) in [5.74, 6) is 0. The van der Waals surface area contributed by atoms with Crippen molar-refractivity contribution in [1.29, 1.82) is 0 Å². The first-order chi connectivity index (χ1) is 7.29. The Hall–Kier alpha value is -0.900. The third-order valence-electron chi connectivity index (χ3n) is 2.98. The highest BCUT2D eigenvalue weighted by Crippen LogP contribution is 2.15. The van der Waals surface area contributed by atoms with Gasteiger partial charge in [0.1, 0.15) is 0 Å². The van der Waals surface area contributed by atoms with Gasteiger partial charge in [-0.2, -0.15) is 0 Å². The zero-order valence-electron chi connectivity index (χ0n) is 8.89. The van der Waals surface area contributed by atoms with Gasteiger partial charge in [0.15, 0.2) is 0 Å². The molecule has 1 unspecified atom stereocenters. The molecule has 0 aliphatic carbocycles. The second kappa shape index (κ2) is 4.75. The first-order valence-corrected chi connectivity index (χ1v) is 5.47. The van der Waals surface area contributed by atoms with Gasteiger partial charge in [-0.3, -0.25) is 4.90 Å². The summed E-state index contributed by atoms with van der Waals surface area (Å²) in [6.45, 7) is 3.27. The van der Waals surface area contributed by atoms with Crippen LogP contribution in [0, 0.1) is 0 Å². The molecular weight excluding hydrogens is 188 g/mol. The molecular formula is C12H18N2O. The number of hydrogen-bond donors (Lipinski definition) is 2. The highest BCUT2D eigenvalue weighted by molar-refractivity contribution is 5.26. The lowest BCUT2D eigenvalue weighted by Crippen LogP contribution is -2.22. The number of aliphatic hydroxyl groups is 1. The molecule has 1 atom stereocenters. The minimum atomic E-state index is -0.143. The third-order valence-corrected chi connectivity index (χ3v) is 2.98. The summed E-state index contributed by atoms with van der Waals surface area (Å²) in [6.07, 6.45) is 0.750. The predicted octanol–water partition coefficient (Wildman–Crippen LogP) is 0.712. The standard InChI is InChI=1S/C12H18N2O/c13-7-10-3-1-2-4-11(10)8-14-6-5-12(15)9-14/h1-4,12,15H,5-9,13H2. The minimum absolute atomic E-state index is 0.143. The van der Waals surface area contributed by atoms with Gasteiger partial charge in [-0.15, -0.1) is 0 Å². The molecule has 0 aromatic heterocycles. The number of nitrogens with two attached hydrogens (primary N) is 1. The number of nitrogens with zero attached hydrogens (tertiary/aromatic N) is 1. The van der Waals surface area contributed by atoms with E-state index in [1.165, 1.54) is 11.1 Å². The van der Waals surface area contributed by atoms with Gasteiger partial charge in [0.25, 0.3) is 0 Å². The minimum Gasteiger partial charge on any atom is -0.392 e. The zero-order valence-corrected chi connectivity index (χ0v) is 8.89. The van der Waals surface area contributed by atoms with Crippen molar-refractivity contribution in [3.8, 4) is 0 Å². The second-order valence-electron chi connectivity index (χ2n) is 4.15. The van der Waals surface area contributed by atoms with Crippen LogP contribution in [0.2, 0.25) is 0 Å². The number of rotatable bonds is 3. The van der Waals surface area contributed by atoms with Crippen molar-refractivity contribution in [1.82, 2.24) is 4.90 Å². The van der Waals surface area contributed by atoms with E-state index in [1.807, 2.05) is 12.1 Å². The number of benzene rings is 1. The van der Waals surface area contributed by atoms with Crippen molar-refractivity contribution < 1.29 is 5.11 Å². The number of aliphatic hydroxyl groups excluding tert-OH is 1. The summed E-state index contributed by atoms with van der Waals surface area (Å²) in [7, 11) is 0. The molecule has 3 N–H and O–H groups in total. The van der Waals surface area contributed by atoms with E-state index in [0.717, 1.165) is 26.1 Å². The van der Waals surface area contributed by atoms with Gasteiger partial charge in [0.05, 0.1) is 6.10 Å². The van der Waals surface area contributed by atoms with E-state index in [0.29, 0.717) is 6.54 Å². The van der Waals surface area contributed by atoms with Crippen LogP contribution in [-0.4, -0.2) is 29.2 Å². The maximum atomic E-state index is 9.44. The van der Waals surface area contributed by atoms with Crippen molar-refractivity contribution in [2.45, 2.75) is 25.6 Å². The number of β-amino-alcohol motifs (C(OH)–C–C–N with tert-alkyl or cyclic N) is 1. The summed E-state index contributed by atoms with van der Waals surface area (Å²) >= 11 is 0. The molecule has 82 valence electrons. The molecule has 3 nitrogen and oxygen atoms in total. The van der Waals surface area contributed by atoms with Crippen LogP contribution in [0.1, 0.15) is 17.5 Å². The lowest BCUT2D eigenvalue weighted by atomic mass is 10.1. The Morgan fingerprint density at radius 2 is 2.07 bits per heavy atom. The quantitative estimate of drug-likeness (QED) is 0.766. The smallest absolute Gasteiger partial charge is 0.0679 e. The Morgan fingerprint density at radius 1 is 1.33 bits per heavy atom. The Bertz CT molecular complexity index is 327. The number of hydrogen-bond acceptors (Lipinski definition) is 3. The van der Waals surface area contributed by atoms with E-state index in [-0.39, 0.29) is 6.10 Å². The highest BCUT2D eigenvalue weighted by Gasteiger charge is 2.20. The maximum Gasteiger partial charge on any atom is 0.0679 e. The molecule has 1 heterocycles. The van der Waals surface area contributed by atoms with E-state index < -0.39 is 0 Å². The van der Waals surface area contributed by atoms with Crippen LogP contribution in [0.25, 0.3) is 0 Å². The summed E-state index contributed by atoms with van der Waals surface area (Å²) in [4.78, 5) is 2.28. The molecule has 1 aromatic rings. The summed E-state index contributed by atoms with van der Waals surface area (Å²) in [6, 6.07) is 8.25. The van der Waals surface area contributed by atoms with E-state index in [4.69, 9.17) is 5.73 Å². The van der Waals surface area contributed by atoms with Crippen LogP contribution >= 0.6 is 0 Å². The maximum absolute atomic E-state index is 9.44. The molecule has 0 radical (unpaired) electrons. The van der Waals surface area contributed by atoms with Crippen LogP contribution in [0.5, 0.6) is 0 Å². The largest absolute Gasteiger partial charge is 0.392 e. The van der Waals surface area contributed by atoms with Gasteiger partial charge in [0.2, 0.25) is 0 Å². The first kappa shape index (κ1) is 10.6. The average molecular weight is 206 g/mol. The molecule has 1 saturated heterocycles. The predicted molar refractivity (Wildman–Crippen MR) is 60.2 cm³/mol. The fourth-order valence-electron chi connectivity index (χ4n) is 2.11. The topological polar surface area (TPSA) is 49.5 Å². The normalized spacial score (nSPS) is 22.1. The van der Waals surface area contributed by atoms with Crippen molar-refractivity contribution in [2.75, 3.05) is 13.1 Å². The fraction of sp³-hybridized carbons (Fsp3) is 0.500. The molecule has 0 amide bonds. The van der Waals surface area contributed by atoms with Crippen LogP contribution < -0.4 is 5.73 Å². The van der Waals surface area contributed by atoms with Gasteiger partial charge in [-0.1, -0.05) is 24.3 Å². The van der Waals surface area contributed by atoms with Crippen molar-refractivity contribution >= 4 is 0 Å². The van der Waals surface area contributed by atoms with Gasteiger partial charge in [-0.25, -0.2) is 0 Å². The van der Waals surface area contributed by atoms with Gasteiger partial charge < -0.3 is 10.8 Å². The van der Waals surface area contributed by atoms with Crippen molar-refractivity contribution in [2.24, 2.45) is 5.73 Å². The summed E-state index contributed by atoms with van der Waals surface area (Å²) in [5, 5.41) is 9.44. The van der Waals surface area contributed by atoms with Crippen molar-refractivity contribution in [3.05, 3.63) is 35.4 Å². The highest BCUT2D eigenvalue weighted by atomic mass is 16.3. The molecule has 2 rings (SSSR count). The van der Waals surface area contributed by atoms with Crippen LogP contribution in [0.15, 0.2) is 24.3 Å². The lowest BCUT2D eigenvalue weighted by Gasteiger charge is -2.16. The van der Waals surface area contributed by atoms with E-state index in [1.54, 1.807) is 0 Å². The fourth-order valence-corrected chi connectivity index (χ4v) is 2.11. The van der Waals surface area contributed by atoms with Crippen molar-refractivity contribution in [3.63, 3.8) is 0 Å². The molecule has 15 heavy (non-hydrogen) atoms. The SMILES string of the molecule is NCc1ccccc1CN1CCC(O)C1. The first-order valence-electron chi connectivity index (χ1n) is 5.47. The van der Waals surface area contributed by atoms with E-state index in [2.05, 4.69) is 17.0 Å². The molecule has 0 spiro atoms. The summed E-state index contributed by atoms with van der Waals surface area (Å²) < 4.78 is 0. The Morgan fingerprint density at radius 3 is 2.67 bits per heavy atom. The molecule has 1 aliphatic heterocycles. The second-order valence-corrected chi connectivity index (χ2v) is 4.15. The van der Waals surface area contributed by atoms with Crippen LogP contribution in [-0.2, 0) is 13.1 Å². The molecule has 3 heteroatoms. The lowest BCUT2D eigenvalue weighted by molar-refractivity contribution is 0.174. The van der Waals surface area contributed by atoms with Crippen LogP contribution in [0.4, 0.5) is 0 Å². The Kier molecular flexibility index (Phi) is 3.36. The molecule has 1 aromatic carbocycles. The molecule has 1 aliphatic rings. The average Bonchev–Trinajstić information content (AvgIpc) is 2.65.